The maximum absolute atomic E-state index is 10.0. The van der Waals surface area contributed by atoms with Crippen LogP contribution in [0.25, 0.3) is 0 Å². The summed E-state index contributed by atoms with van der Waals surface area (Å²) in [6.07, 6.45) is 11.2. The van der Waals surface area contributed by atoms with Crippen molar-refractivity contribution in [2.45, 2.75) is 104 Å². The molecule has 0 saturated carbocycles. The lowest BCUT2D eigenvalue weighted by Gasteiger charge is -1.95. The molecule has 0 atom stereocenters. The number of unbranched alkanes of at least 4 members (excludes halogenated alkanes) is 8. The number of rotatable bonds is 15. The summed E-state index contributed by atoms with van der Waals surface area (Å²) < 4.78 is 0. The first-order chi connectivity index (χ1) is 13.2. The number of hydrogen-bond acceptors (Lipinski definition) is 4. The number of carboxylic acid groups (broad SMARTS) is 4. The molecule has 0 rings (SSSR count). The predicted molar refractivity (Wildman–Crippen MR) is 107 cm³/mol. The SMILES string of the molecule is CCCCCCCC(=O)O.CCCCCCCC(=O)O.O=C(O)CCC(=O)O. The summed E-state index contributed by atoms with van der Waals surface area (Å²) in [5, 5.41) is 32.3. The Kier molecular flexibility index (Phi) is 27.2. The van der Waals surface area contributed by atoms with E-state index in [2.05, 4.69) is 13.8 Å². The maximum atomic E-state index is 10.0. The smallest absolute Gasteiger partial charge is 0.303 e. The fourth-order valence-corrected chi connectivity index (χ4v) is 1.97. The molecular formula is C20H38O8. The van der Waals surface area contributed by atoms with Crippen LogP contribution in [0.1, 0.15) is 104 Å². The lowest BCUT2D eigenvalue weighted by atomic mass is 10.1. The summed E-state index contributed by atoms with van der Waals surface area (Å²) in [6.45, 7) is 4.30. The second kappa shape index (κ2) is 24.9. The van der Waals surface area contributed by atoms with E-state index < -0.39 is 23.9 Å². The Morgan fingerprint density at radius 2 is 0.679 bits per heavy atom. The van der Waals surface area contributed by atoms with Crippen molar-refractivity contribution in [3.8, 4) is 0 Å². The summed E-state index contributed by atoms with van der Waals surface area (Å²) >= 11 is 0. The second-order valence-corrected chi connectivity index (χ2v) is 6.40. The lowest BCUT2D eigenvalue weighted by Crippen LogP contribution is -2.00. The van der Waals surface area contributed by atoms with Crippen molar-refractivity contribution in [1.29, 1.82) is 0 Å². The van der Waals surface area contributed by atoms with Gasteiger partial charge in [0.15, 0.2) is 0 Å². The van der Waals surface area contributed by atoms with Gasteiger partial charge in [-0.15, -0.1) is 0 Å². The van der Waals surface area contributed by atoms with Crippen molar-refractivity contribution < 1.29 is 39.6 Å². The fourth-order valence-electron chi connectivity index (χ4n) is 1.97. The molecule has 0 radical (unpaired) electrons. The average molecular weight is 407 g/mol. The highest BCUT2D eigenvalue weighted by Crippen LogP contribution is 2.04. The lowest BCUT2D eigenvalue weighted by molar-refractivity contribution is -0.143. The minimum atomic E-state index is -1.08. The fraction of sp³-hybridized carbons (Fsp3) is 0.800. The van der Waals surface area contributed by atoms with Crippen molar-refractivity contribution in [2.24, 2.45) is 0 Å². The molecule has 0 unspecified atom stereocenters. The number of carbonyl (C=O) groups is 4. The molecule has 0 aliphatic carbocycles. The van der Waals surface area contributed by atoms with Gasteiger partial charge in [-0.3, -0.25) is 19.2 Å². The Labute approximate surface area is 168 Å². The van der Waals surface area contributed by atoms with Crippen molar-refractivity contribution in [2.75, 3.05) is 0 Å². The zero-order valence-electron chi connectivity index (χ0n) is 17.3. The van der Waals surface area contributed by atoms with E-state index >= 15 is 0 Å². The van der Waals surface area contributed by atoms with Gasteiger partial charge in [0, 0.05) is 12.8 Å². The van der Waals surface area contributed by atoms with E-state index in [0.29, 0.717) is 12.8 Å². The minimum Gasteiger partial charge on any atom is -0.481 e. The molecule has 0 heterocycles. The first kappa shape index (κ1) is 30.6. The molecule has 0 spiro atoms. The normalized spacial score (nSPS) is 9.36. The van der Waals surface area contributed by atoms with Gasteiger partial charge in [0.05, 0.1) is 12.8 Å². The first-order valence-electron chi connectivity index (χ1n) is 10.0. The van der Waals surface area contributed by atoms with E-state index in [1.807, 2.05) is 0 Å². The van der Waals surface area contributed by atoms with Crippen molar-refractivity contribution in [3.63, 3.8) is 0 Å². The maximum Gasteiger partial charge on any atom is 0.303 e. The molecule has 0 aromatic carbocycles. The van der Waals surface area contributed by atoms with Gasteiger partial charge < -0.3 is 20.4 Å². The molecule has 8 heteroatoms. The highest BCUT2D eigenvalue weighted by atomic mass is 16.4. The molecule has 0 aromatic heterocycles. The van der Waals surface area contributed by atoms with Gasteiger partial charge in [-0.05, 0) is 12.8 Å². The molecule has 0 saturated heterocycles. The minimum absolute atomic E-state index is 0.296. The topological polar surface area (TPSA) is 149 Å². The monoisotopic (exact) mass is 406 g/mol. The Bertz CT molecular complexity index is 369. The quantitative estimate of drug-likeness (QED) is 0.283. The Balaban J connectivity index is -0.000000337. The molecule has 0 amide bonds. The van der Waals surface area contributed by atoms with E-state index in [0.717, 1.165) is 25.7 Å². The van der Waals surface area contributed by atoms with E-state index in [9.17, 15) is 19.2 Å². The van der Waals surface area contributed by atoms with Crippen LogP contribution >= 0.6 is 0 Å². The highest BCUT2D eigenvalue weighted by Gasteiger charge is 2.00. The molecule has 8 nitrogen and oxygen atoms in total. The zero-order chi connectivity index (χ0) is 22.2. The van der Waals surface area contributed by atoms with Crippen LogP contribution in [-0.4, -0.2) is 44.3 Å². The summed E-state index contributed by atoms with van der Waals surface area (Å²) in [6, 6.07) is 0. The molecule has 0 bridgehead atoms. The third-order valence-electron chi connectivity index (χ3n) is 3.54. The molecule has 0 aliphatic rings. The van der Waals surface area contributed by atoms with Crippen LogP contribution < -0.4 is 0 Å². The van der Waals surface area contributed by atoms with Gasteiger partial charge in [0.2, 0.25) is 0 Å². The number of carboxylic acids is 4. The largest absolute Gasteiger partial charge is 0.481 e. The first-order valence-corrected chi connectivity index (χ1v) is 10.0. The highest BCUT2D eigenvalue weighted by molar-refractivity contribution is 5.75. The van der Waals surface area contributed by atoms with Crippen LogP contribution in [0.15, 0.2) is 0 Å². The van der Waals surface area contributed by atoms with E-state index in [1.54, 1.807) is 0 Å². The Hall–Kier alpha value is -2.12. The average Bonchev–Trinajstić information content (AvgIpc) is 2.60. The van der Waals surface area contributed by atoms with Crippen molar-refractivity contribution in [3.05, 3.63) is 0 Å². The van der Waals surface area contributed by atoms with Crippen LogP contribution in [0.2, 0.25) is 0 Å². The number of hydrogen-bond donors (Lipinski definition) is 4. The van der Waals surface area contributed by atoms with Crippen LogP contribution in [0.4, 0.5) is 0 Å². The van der Waals surface area contributed by atoms with Gasteiger partial charge in [0.25, 0.3) is 0 Å². The van der Waals surface area contributed by atoms with Gasteiger partial charge in [-0.2, -0.15) is 0 Å². The van der Waals surface area contributed by atoms with Gasteiger partial charge in [-0.25, -0.2) is 0 Å². The molecule has 0 aromatic rings. The van der Waals surface area contributed by atoms with Gasteiger partial charge in [0.1, 0.15) is 0 Å². The van der Waals surface area contributed by atoms with E-state index in [1.165, 1.54) is 38.5 Å². The predicted octanol–water partition coefficient (Wildman–Crippen LogP) is 4.80. The van der Waals surface area contributed by atoms with Crippen LogP contribution in [0, 0.1) is 0 Å². The molecule has 166 valence electrons. The standard InChI is InChI=1S/2C8H16O2.C4H6O4/c2*1-2-3-4-5-6-7-8(9)10;5-3(6)1-2-4(7)8/h2*2-7H2,1H3,(H,9,10);1-2H2,(H,5,6)(H,7,8). The molecule has 4 N–H and O–H groups in total. The third kappa shape index (κ3) is 43.9. The van der Waals surface area contributed by atoms with Gasteiger partial charge >= 0.3 is 23.9 Å². The molecule has 0 aliphatic heterocycles. The number of aliphatic carboxylic acids is 4. The van der Waals surface area contributed by atoms with Crippen molar-refractivity contribution in [1.82, 2.24) is 0 Å². The summed E-state index contributed by atoms with van der Waals surface area (Å²) in [4.78, 5) is 39.3. The molecule has 28 heavy (non-hydrogen) atoms. The molecule has 0 fully saturated rings. The van der Waals surface area contributed by atoms with Crippen LogP contribution in [0.3, 0.4) is 0 Å². The van der Waals surface area contributed by atoms with E-state index in [-0.39, 0.29) is 12.8 Å². The van der Waals surface area contributed by atoms with Crippen molar-refractivity contribution >= 4 is 23.9 Å². The summed E-state index contributed by atoms with van der Waals surface area (Å²) in [7, 11) is 0. The van der Waals surface area contributed by atoms with Crippen LogP contribution in [-0.2, 0) is 19.2 Å². The molecular weight excluding hydrogens is 368 g/mol. The Morgan fingerprint density at radius 3 is 0.893 bits per heavy atom. The summed E-state index contributed by atoms with van der Waals surface area (Å²) in [5.74, 6) is -3.49. The van der Waals surface area contributed by atoms with Crippen LogP contribution in [0.5, 0.6) is 0 Å². The zero-order valence-corrected chi connectivity index (χ0v) is 17.3. The second-order valence-electron chi connectivity index (χ2n) is 6.40. The van der Waals surface area contributed by atoms with E-state index in [4.69, 9.17) is 20.4 Å². The third-order valence-corrected chi connectivity index (χ3v) is 3.54. The summed E-state index contributed by atoms with van der Waals surface area (Å²) in [5.41, 5.74) is 0. The Morgan fingerprint density at radius 1 is 0.429 bits per heavy atom. The van der Waals surface area contributed by atoms with Gasteiger partial charge in [-0.1, -0.05) is 65.2 Å².